The molecule has 0 spiro atoms. The minimum atomic E-state index is -0.501. The summed E-state index contributed by atoms with van der Waals surface area (Å²) in [7, 11) is 0. The zero-order valence-electron chi connectivity index (χ0n) is 10.8. The molecule has 0 aromatic rings. The first-order valence-corrected chi connectivity index (χ1v) is 6.60. The van der Waals surface area contributed by atoms with Crippen molar-refractivity contribution in [1.29, 1.82) is 0 Å². The van der Waals surface area contributed by atoms with Gasteiger partial charge in [-0.2, -0.15) is 0 Å². The Morgan fingerprint density at radius 2 is 2.17 bits per heavy atom. The average molecular weight is 255 g/mol. The van der Waals surface area contributed by atoms with Crippen LogP contribution < -0.4 is 10.6 Å². The molecule has 0 aromatic carbocycles. The monoisotopic (exact) mass is 255 g/mol. The number of nitrogens with one attached hydrogen (secondary N) is 2. The number of ether oxygens (including phenoxy) is 1. The van der Waals surface area contributed by atoms with Crippen molar-refractivity contribution in [3.05, 3.63) is 0 Å². The van der Waals surface area contributed by atoms with E-state index in [2.05, 4.69) is 10.6 Å². The van der Waals surface area contributed by atoms with Gasteiger partial charge in [-0.3, -0.25) is 9.59 Å². The van der Waals surface area contributed by atoms with E-state index in [0.717, 1.165) is 25.9 Å². The fourth-order valence-corrected chi connectivity index (χ4v) is 2.34. The van der Waals surface area contributed by atoms with Gasteiger partial charge < -0.3 is 20.3 Å². The summed E-state index contributed by atoms with van der Waals surface area (Å²) in [5.74, 6) is -0.919. The Morgan fingerprint density at radius 3 is 2.89 bits per heavy atom. The van der Waals surface area contributed by atoms with Gasteiger partial charge in [0.1, 0.15) is 0 Å². The lowest BCUT2D eigenvalue weighted by Gasteiger charge is -2.21. The molecule has 2 rings (SSSR count). The summed E-state index contributed by atoms with van der Waals surface area (Å²) in [6.45, 7) is 5.46. The Labute approximate surface area is 107 Å². The van der Waals surface area contributed by atoms with E-state index in [-0.39, 0.29) is 12.1 Å². The molecule has 2 atom stereocenters. The van der Waals surface area contributed by atoms with Crippen molar-refractivity contribution < 1.29 is 14.3 Å². The summed E-state index contributed by atoms with van der Waals surface area (Å²) in [6.07, 6.45) is 1.66. The molecule has 0 aliphatic carbocycles. The first-order valence-electron chi connectivity index (χ1n) is 6.60. The van der Waals surface area contributed by atoms with Gasteiger partial charge in [-0.15, -0.1) is 0 Å². The second kappa shape index (κ2) is 6.15. The molecule has 2 N–H and O–H groups in total. The lowest BCUT2D eigenvalue weighted by Crippen LogP contribution is -2.49. The van der Waals surface area contributed by atoms with E-state index in [4.69, 9.17) is 4.74 Å². The molecule has 2 saturated heterocycles. The zero-order valence-corrected chi connectivity index (χ0v) is 10.8. The van der Waals surface area contributed by atoms with E-state index >= 15 is 0 Å². The smallest absolute Gasteiger partial charge is 0.311 e. The summed E-state index contributed by atoms with van der Waals surface area (Å²) in [4.78, 5) is 25.5. The number of rotatable bonds is 1. The molecular weight excluding hydrogens is 234 g/mol. The number of amides is 2. The summed E-state index contributed by atoms with van der Waals surface area (Å²) in [6, 6.07) is -0.0356. The molecule has 2 aliphatic heterocycles. The van der Waals surface area contributed by atoms with E-state index in [1.165, 1.54) is 0 Å². The van der Waals surface area contributed by atoms with Gasteiger partial charge in [0, 0.05) is 26.2 Å². The maximum absolute atomic E-state index is 12.0. The van der Waals surface area contributed by atoms with E-state index < -0.39 is 11.8 Å². The molecule has 2 aliphatic rings. The molecule has 6 nitrogen and oxygen atoms in total. The molecule has 2 heterocycles. The van der Waals surface area contributed by atoms with Crippen molar-refractivity contribution >= 4 is 11.8 Å². The lowest BCUT2D eigenvalue weighted by atomic mass is 10.1. The van der Waals surface area contributed by atoms with Gasteiger partial charge in [0.2, 0.25) is 0 Å². The molecule has 18 heavy (non-hydrogen) atoms. The van der Waals surface area contributed by atoms with Gasteiger partial charge >= 0.3 is 11.8 Å². The Bertz CT molecular complexity index is 314. The van der Waals surface area contributed by atoms with Crippen LogP contribution in [0.25, 0.3) is 0 Å². The predicted octanol–water partition coefficient (Wildman–Crippen LogP) is -0.898. The average Bonchev–Trinajstić information content (AvgIpc) is 2.63. The quantitative estimate of drug-likeness (QED) is 0.596. The highest BCUT2D eigenvalue weighted by atomic mass is 16.5. The third kappa shape index (κ3) is 3.20. The normalized spacial score (nSPS) is 28.8. The first-order chi connectivity index (χ1) is 8.68. The van der Waals surface area contributed by atoms with Crippen LogP contribution in [-0.2, 0) is 14.3 Å². The highest BCUT2D eigenvalue weighted by Gasteiger charge is 2.29. The third-order valence-corrected chi connectivity index (χ3v) is 3.51. The molecule has 0 radical (unpaired) electrons. The molecule has 2 fully saturated rings. The Hall–Kier alpha value is -1.14. The fraction of sp³-hybridized carbons (Fsp3) is 0.833. The van der Waals surface area contributed by atoms with Gasteiger partial charge in [-0.25, -0.2) is 0 Å². The van der Waals surface area contributed by atoms with Crippen LogP contribution in [0, 0.1) is 0 Å². The largest absolute Gasteiger partial charge is 0.376 e. The van der Waals surface area contributed by atoms with Gasteiger partial charge in [0.15, 0.2) is 0 Å². The van der Waals surface area contributed by atoms with Crippen molar-refractivity contribution in [2.45, 2.75) is 31.9 Å². The van der Waals surface area contributed by atoms with Crippen molar-refractivity contribution in [2.75, 3.05) is 32.8 Å². The van der Waals surface area contributed by atoms with Crippen molar-refractivity contribution in [1.82, 2.24) is 15.5 Å². The van der Waals surface area contributed by atoms with E-state index in [1.54, 1.807) is 4.90 Å². The SMILES string of the molecule is CC1OCCC1NC(=O)C(=O)N1CCCNCC1. The van der Waals surface area contributed by atoms with E-state index in [1.807, 2.05) is 6.92 Å². The topological polar surface area (TPSA) is 70.7 Å². The highest BCUT2D eigenvalue weighted by Crippen LogP contribution is 2.12. The second-order valence-electron chi connectivity index (χ2n) is 4.84. The minimum absolute atomic E-state index is 0.00690. The van der Waals surface area contributed by atoms with Crippen LogP contribution in [0.1, 0.15) is 19.8 Å². The molecule has 0 bridgehead atoms. The minimum Gasteiger partial charge on any atom is -0.376 e. The third-order valence-electron chi connectivity index (χ3n) is 3.51. The van der Waals surface area contributed by atoms with Crippen LogP contribution >= 0.6 is 0 Å². The van der Waals surface area contributed by atoms with Crippen molar-refractivity contribution in [2.24, 2.45) is 0 Å². The van der Waals surface area contributed by atoms with Crippen LogP contribution in [0.4, 0.5) is 0 Å². The Balaban J connectivity index is 1.85. The number of carbonyl (C=O) groups excluding carboxylic acids is 2. The first kappa shape index (κ1) is 13.3. The molecular formula is C12H21N3O3. The molecule has 102 valence electrons. The standard InChI is InChI=1S/C12H21N3O3/c1-9-10(3-8-18-9)14-11(16)12(17)15-6-2-4-13-5-7-15/h9-10,13H,2-8H2,1H3,(H,14,16). The number of nitrogens with zero attached hydrogens (tertiary/aromatic N) is 1. The number of hydrogen-bond donors (Lipinski definition) is 2. The predicted molar refractivity (Wildman–Crippen MR) is 66.0 cm³/mol. The van der Waals surface area contributed by atoms with Crippen LogP contribution in [-0.4, -0.2) is 61.6 Å². The number of carbonyl (C=O) groups is 2. The van der Waals surface area contributed by atoms with Gasteiger partial charge in [-0.1, -0.05) is 0 Å². The molecule has 0 aromatic heterocycles. The van der Waals surface area contributed by atoms with Crippen LogP contribution in [0.2, 0.25) is 0 Å². The molecule has 2 unspecified atom stereocenters. The maximum Gasteiger partial charge on any atom is 0.311 e. The summed E-state index contributed by atoms with van der Waals surface area (Å²) < 4.78 is 5.36. The molecule has 2 amide bonds. The summed E-state index contributed by atoms with van der Waals surface area (Å²) in [5, 5.41) is 5.98. The van der Waals surface area contributed by atoms with Crippen LogP contribution in [0.3, 0.4) is 0 Å². The maximum atomic E-state index is 12.0. The number of hydrogen-bond acceptors (Lipinski definition) is 4. The van der Waals surface area contributed by atoms with Crippen molar-refractivity contribution in [3.8, 4) is 0 Å². The Kier molecular flexibility index (Phi) is 4.54. The molecule has 6 heteroatoms. The van der Waals surface area contributed by atoms with Crippen LogP contribution in [0.15, 0.2) is 0 Å². The lowest BCUT2D eigenvalue weighted by molar-refractivity contribution is -0.146. The highest BCUT2D eigenvalue weighted by molar-refractivity contribution is 6.35. The van der Waals surface area contributed by atoms with Gasteiger partial charge in [0.25, 0.3) is 0 Å². The molecule has 0 saturated carbocycles. The fourth-order valence-electron chi connectivity index (χ4n) is 2.34. The van der Waals surface area contributed by atoms with E-state index in [9.17, 15) is 9.59 Å². The van der Waals surface area contributed by atoms with Gasteiger partial charge in [0.05, 0.1) is 12.1 Å². The summed E-state index contributed by atoms with van der Waals surface area (Å²) >= 11 is 0. The Morgan fingerprint density at radius 1 is 1.33 bits per heavy atom. The van der Waals surface area contributed by atoms with Crippen molar-refractivity contribution in [3.63, 3.8) is 0 Å². The second-order valence-corrected chi connectivity index (χ2v) is 4.84. The van der Waals surface area contributed by atoms with Gasteiger partial charge in [-0.05, 0) is 26.3 Å². The summed E-state index contributed by atoms with van der Waals surface area (Å²) in [5.41, 5.74) is 0. The van der Waals surface area contributed by atoms with E-state index in [0.29, 0.717) is 19.7 Å². The zero-order chi connectivity index (χ0) is 13.0. The van der Waals surface area contributed by atoms with Crippen LogP contribution in [0.5, 0.6) is 0 Å².